The van der Waals surface area contributed by atoms with Crippen LogP contribution in [0, 0.1) is 0 Å². The van der Waals surface area contributed by atoms with Gasteiger partial charge >= 0.3 is 0 Å². The minimum absolute atomic E-state index is 0.00503. The van der Waals surface area contributed by atoms with Crippen molar-refractivity contribution in [1.82, 2.24) is 24.9 Å². The molecule has 1 saturated heterocycles. The van der Waals surface area contributed by atoms with Crippen LogP contribution < -0.4 is 4.74 Å². The van der Waals surface area contributed by atoms with Gasteiger partial charge in [0.25, 0.3) is 5.91 Å². The van der Waals surface area contributed by atoms with Crippen molar-refractivity contribution in [3.63, 3.8) is 0 Å². The zero-order valence-electron chi connectivity index (χ0n) is 12.6. The SMILES string of the molecule is COc1cccc([C@H]2CCN2C(=O)c2ccn3nnnc3c2)c1. The third-order valence-electron chi connectivity index (χ3n) is 4.20. The Kier molecular flexibility index (Phi) is 3.18. The van der Waals surface area contributed by atoms with Crippen LogP contribution in [0.5, 0.6) is 5.75 Å². The van der Waals surface area contributed by atoms with Gasteiger partial charge in [-0.1, -0.05) is 12.1 Å². The van der Waals surface area contributed by atoms with Crippen LogP contribution in [0.4, 0.5) is 0 Å². The van der Waals surface area contributed by atoms with Gasteiger partial charge < -0.3 is 9.64 Å². The summed E-state index contributed by atoms with van der Waals surface area (Å²) in [6, 6.07) is 11.4. The van der Waals surface area contributed by atoms with E-state index in [-0.39, 0.29) is 11.9 Å². The summed E-state index contributed by atoms with van der Waals surface area (Å²) >= 11 is 0. The highest BCUT2D eigenvalue weighted by Gasteiger charge is 2.34. The molecule has 1 aliphatic heterocycles. The van der Waals surface area contributed by atoms with Crippen LogP contribution >= 0.6 is 0 Å². The molecule has 4 rings (SSSR count). The Morgan fingerprint density at radius 3 is 3.00 bits per heavy atom. The molecule has 1 aliphatic rings. The predicted molar refractivity (Wildman–Crippen MR) is 82.2 cm³/mol. The summed E-state index contributed by atoms with van der Waals surface area (Å²) in [5, 5.41) is 11.3. The number of tetrazole rings is 1. The molecule has 0 bridgehead atoms. The van der Waals surface area contributed by atoms with Gasteiger partial charge in [0.1, 0.15) is 5.75 Å². The van der Waals surface area contributed by atoms with Crippen molar-refractivity contribution in [3.05, 3.63) is 53.7 Å². The Hall–Kier alpha value is -2.96. The van der Waals surface area contributed by atoms with Crippen molar-refractivity contribution < 1.29 is 9.53 Å². The van der Waals surface area contributed by atoms with E-state index in [1.54, 1.807) is 25.4 Å². The summed E-state index contributed by atoms with van der Waals surface area (Å²) in [7, 11) is 1.64. The van der Waals surface area contributed by atoms with Gasteiger partial charge in [0.15, 0.2) is 5.65 Å². The molecule has 0 N–H and O–H groups in total. The minimum Gasteiger partial charge on any atom is -0.497 e. The number of aromatic nitrogens is 4. The molecule has 1 aromatic carbocycles. The maximum atomic E-state index is 12.7. The van der Waals surface area contributed by atoms with Crippen molar-refractivity contribution in [3.8, 4) is 5.75 Å². The normalized spacial score (nSPS) is 17.1. The first-order chi connectivity index (χ1) is 11.3. The molecule has 1 fully saturated rings. The molecule has 0 unspecified atom stereocenters. The van der Waals surface area contributed by atoms with Crippen molar-refractivity contribution in [2.24, 2.45) is 0 Å². The lowest BCUT2D eigenvalue weighted by atomic mass is 9.93. The molecule has 3 heterocycles. The second kappa shape index (κ2) is 5.35. The molecule has 0 radical (unpaired) electrons. The van der Waals surface area contributed by atoms with E-state index in [1.165, 1.54) is 4.52 Å². The van der Waals surface area contributed by atoms with Gasteiger partial charge in [-0.3, -0.25) is 4.79 Å². The zero-order chi connectivity index (χ0) is 15.8. The number of benzene rings is 1. The third-order valence-corrected chi connectivity index (χ3v) is 4.20. The van der Waals surface area contributed by atoms with Crippen LogP contribution in [0.2, 0.25) is 0 Å². The average molecular weight is 309 g/mol. The number of likely N-dealkylation sites (tertiary alicyclic amines) is 1. The summed E-state index contributed by atoms with van der Waals surface area (Å²) in [6.45, 7) is 0.747. The van der Waals surface area contributed by atoms with Crippen molar-refractivity contribution >= 4 is 11.6 Å². The molecule has 116 valence electrons. The first kappa shape index (κ1) is 13.7. The summed E-state index contributed by atoms with van der Waals surface area (Å²) in [5.41, 5.74) is 2.25. The second-order valence-electron chi connectivity index (χ2n) is 5.48. The van der Waals surface area contributed by atoms with E-state index in [4.69, 9.17) is 4.74 Å². The van der Waals surface area contributed by atoms with Crippen molar-refractivity contribution in [2.45, 2.75) is 12.5 Å². The van der Waals surface area contributed by atoms with E-state index < -0.39 is 0 Å². The molecule has 7 nitrogen and oxygen atoms in total. The zero-order valence-corrected chi connectivity index (χ0v) is 12.6. The highest BCUT2D eigenvalue weighted by atomic mass is 16.5. The smallest absolute Gasteiger partial charge is 0.254 e. The minimum atomic E-state index is -0.00503. The van der Waals surface area contributed by atoms with Crippen LogP contribution in [0.1, 0.15) is 28.4 Å². The molecule has 3 aromatic rings. The van der Waals surface area contributed by atoms with Gasteiger partial charge in [-0.05, 0) is 46.7 Å². The van der Waals surface area contributed by atoms with Crippen LogP contribution in [0.15, 0.2) is 42.6 Å². The molecular formula is C16H15N5O2. The van der Waals surface area contributed by atoms with Gasteiger partial charge in [-0.25, -0.2) is 4.52 Å². The molecule has 23 heavy (non-hydrogen) atoms. The highest BCUT2D eigenvalue weighted by molar-refractivity contribution is 5.95. The molecule has 0 spiro atoms. The fraction of sp³-hybridized carbons (Fsp3) is 0.250. The quantitative estimate of drug-likeness (QED) is 0.736. The number of pyridine rings is 1. The molecular weight excluding hydrogens is 294 g/mol. The first-order valence-electron chi connectivity index (χ1n) is 7.39. The lowest BCUT2D eigenvalue weighted by Gasteiger charge is -2.41. The number of ether oxygens (including phenoxy) is 1. The number of rotatable bonds is 3. The number of fused-ring (bicyclic) bond motifs is 1. The largest absolute Gasteiger partial charge is 0.497 e. The molecule has 2 aromatic heterocycles. The van der Waals surface area contributed by atoms with Gasteiger partial charge in [-0.15, -0.1) is 5.10 Å². The van der Waals surface area contributed by atoms with Crippen LogP contribution in [0.25, 0.3) is 5.65 Å². The lowest BCUT2D eigenvalue weighted by molar-refractivity contribution is 0.0460. The van der Waals surface area contributed by atoms with Gasteiger partial charge in [-0.2, -0.15) is 0 Å². The summed E-state index contributed by atoms with van der Waals surface area (Å²) in [4.78, 5) is 14.6. The fourth-order valence-corrected chi connectivity index (χ4v) is 2.86. The maximum absolute atomic E-state index is 12.7. The lowest BCUT2D eigenvalue weighted by Crippen LogP contribution is -2.45. The summed E-state index contributed by atoms with van der Waals surface area (Å²) < 4.78 is 6.80. The van der Waals surface area contributed by atoms with Gasteiger partial charge in [0.05, 0.1) is 13.2 Å². The van der Waals surface area contributed by atoms with Crippen molar-refractivity contribution in [1.29, 1.82) is 0 Å². The number of methoxy groups -OCH3 is 1. The number of hydrogen-bond acceptors (Lipinski definition) is 5. The number of amides is 1. The van der Waals surface area contributed by atoms with Crippen molar-refractivity contribution in [2.75, 3.05) is 13.7 Å². The molecule has 7 heteroatoms. The number of hydrogen-bond donors (Lipinski definition) is 0. The molecule has 0 saturated carbocycles. The van der Waals surface area contributed by atoms with Crippen LogP contribution in [-0.4, -0.2) is 44.5 Å². The van der Waals surface area contributed by atoms with E-state index in [0.717, 1.165) is 24.3 Å². The maximum Gasteiger partial charge on any atom is 0.254 e. The Labute approximate surface area is 132 Å². The van der Waals surface area contributed by atoms with Gasteiger partial charge in [0, 0.05) is 18.3 Å². The summed E-state index contributed by atoms with van der Waals surface area (Å²) in [5.74, 6) is 0.798. The van der Waals surface area contributed by atoms with Gasteiger partial charge in [0.2, 0.25) is 0 Å². The summed E-state index contributed by atoms with van der Waals surface area (Å²) in [6.07, 6.45) is 2.65. The van der Waals surface area contributed by atoms with E-state index in [2.05, 4.69) is 15.5 Å². The first-order valence-corrected chi connectivity index (χ1v) is 7.39. The molecule has 1 atom stereocenters. The Bertz CT molecular complexity index is 876. The average Bonchev–Trinajstić information content (AvgIpc) is 3.01. The predicted octanol–water partition coefficient (Wildman–Crippen LogP) is 1.72. The van der Waals surface area contributed by atoms with E-state index >= 15 is 0 Å². The monoisotopic (exact) mass is 309 g/mol. The third kappa shape index (κ3) is 2.30. The fourth-order valence-electron chi connectivity index (χ4n) is 2.86. The van der Waals surface area contributed by atoms with E-state index in [0.29, 0.717) is 11.2 Å². The Morgan fingerprint density at radius 2 is 2.22 bits per heavy atom. The van der Waals surface area contributed by atoms with Crippen LogP contribution in [0.3, 0.4) is 0 Å². The number of carbonyl (C=O) groups excluding carboxylic acids is 1. The standard InChI is InChI=1S/C16H15N5O2/c1-23-13-4-2-3-11(9-13)14-6-7-20(14)16(22)12-5-8-21-15(10-12)17-18-19-21/h2-5,8-10,14H,6-7H2,1H3/t14-/m1/s1. The second-order valence-corrected chi connectivity index (χ2v) is 5.48. The Morgan fingerprint density at radius 1 is 1.30 bits per heavy atom. The molecule has 0 aliphatic carbocycles. The van der Waals surface area contributed by atoms with E-state index in [9.17, 15) is 4.79 Å². The molecule has 1 amide bonds. The Balaban J connectivity index is 1.60. The van der Waals surface area contributed by atoms with Crippen LogP contribution in [-0.2, 0) is 0 Å². The highest BCUT2D eigenvalue weighted by Crippen LogP contribution is 2.35. The van der Waals surface area contributed by atoms with E-state index in [1.807, 2.05) is 29.2 Å². The topological polar surface area (TPSA) is 72.6 Å². The number of nitrogens with zero attached hydrogens (tertiary/aromatic N) is 5. The number of carbonyl (C=O) groups is 1.